The molecule has 0 aliphatic carbocycles. The zero-order valence-electron chi connectivity index (χ0n) is 22.1. The molecule has 0 aromatic carbocycles. The molecule has 38 heteroatoms. The van der Waals surface area contributed by atoms with Gasteiger partial charge in [0.1, 0.15) is 24.9 Å². The van der Waals surface area contributed by atoms with E-state index < -0.39 is 99.7 Å². The summed E-state index contributed by atoms with van der Waals surface area (Å²) in [6.45, 7) is -2.59. The lowest BCUT2D eigenvalue weighted by atomic mass is 9.99. The second kappa shape index (κ2) is 27.7. The molecule has 2 fully saturated rings. The molecule has 0 radical (unpaired) electrons. The fourth-order valence-corrected chi connectivity index (χ4v) is 4.67. The van der Waals surface area contributed by atoms with Gasteiger partial charge in [0.15, 0.2) is 87.1 Å². The highest BCUT2D eigenvalue weighted by Crippen LogP contribution is 2.35. The maximum absolute atomic E-state index is 11.3. The van der Waals surface area contributed by atoms with Gasteiger partial charge >= 0.3 is 0 Å². The van der Waals surface area contributed by atoms with Gasteiger partial charge in [-0.2, -0.15) is 16.8 Å². The van der Waals surface area contributed by atoms with Crippen LogP contribution in [0, 0.1) is 0 Å². The molecule has 0 spiro atoms. The molecular formula is C11H13O31S7-7. The van der Waals surface area contributed by atoms with Crippen LogP contribution in [0.4, 0.5) is 0 Å². The van der Waals surface area contributed by atoms with Crippen LogP contribution in [0.25, 0.3) is 0 Å². The first-order valence-electron chi connectivity index (χ1n) is 10.3. The predicted octanol–water partition coefficient (Wildman–Crippen LogP) is -10.7. The standard InChI is InChI=1S/C11H20O27S3.4OS/c12-35-25-1-3-5(30-36-13)7(31-37-14)8(32-38-15)10(27-3)29-11-9(34-41(22,23)24)6(33-40(19,20)21)4(28-11)2-26-39(16,17)18;4*1-2/h3-15H,1-2H2,(H,16,17,18)(H,19,20,21)(H,22,23,24);;;;/p-7/t3?,4-,5-,6-,7+,8?,9-,10+,11+;;;;/m1..../s1. The first kappa shape index (κ1) is 52.5. The molecule has 2 unspecified atom stereocenters. The van der Waals surface area contributed by atoms with E-state index >= 15 is 0 Å². The van der Waals surface area contributed by atoms with Gasteiger partial charge in [0.2, 0.25) is 31.2 Å². The zero-order valence-corrected chi connectivity index (χ0v) is 27.8. The van der Waals surface area contributed by atoms with E-state index in [0.717, 1.165) is 0 Å². The molecule has 2 saturated heterocycles. The van der Waals surface area contributed by atoms with Crippen LogP contribution in [0.5, 0.6) is 0 Å². The summed E-state index contributed by atoms with van der Waals surface area (Å²) in [5, 5.41) is 54.8. The Kier molecular flexibility index (Phi) is 29.7. The van der Waals surface area contributed by atoms with E-state index in [4.69, 9.17) is 31.0 Å². The van der Waals surface area contributed by atoms with E-state index in [-0.39, 0.29) is 0 Å². The zero-order chi connectivity index (χ0) is 39.0. The van der Waals surface area contributed by atoms with E-state index in [1.807, 2.05) is 0 Å². The van der Waals surface area contributed by atoms with Crippen LogP contribution in [-0.2, 0) is 148 Å². The van der Waals surface area contributed by atoms with Crippen LogP contribution in [-0.4, -0.2) is 124 Å². The van der Waals surface area contributed by atoms with Crippen LogP contribution in [0.1, 0.15) is 0 Å². The molecule has 9 atom stereocenters. The first-order chi connectivity index (χ1) is 23.0. The lowest BCUT2D eigenvalue weighted by Crippen LogP contribution is -2.63. The highest BCUT2D eigenvalue weighted by Gasteiger charge is 2.56. The molecule has 0 aromatic rings. The van der Waals surface area contributed by atoms with Crippen LogP contribution < -0.4 is 21.0 Å². The normalized spacial score (nSPS) is 28.2. The summed E-state index contributed by atoms with van der Waals surface area (Å²) in [5.74, 6) is 0. The molecule has 31 nitrogen and oxygen atoms in total. The van der Waals surface area contributed by atoms with E-state index in [2.05, 4.69) is 102 Å². The minimum atomic E-state index is -5.90. The van der Waals surface area contributed by atoms with Gasteiger partial charge in [-0.3, -0.25) is 32.7 Å². The van der Waals surface area contributed by atoms with Crippen LogP contribution in [0.3, 0.4) is 0 Å². The van der Waals surface area contributed by atoms with Crippen LogP contribution >= 0.6 is 0 Å². The second-order valence-electron chi connectivity index (χ2n) is 7.09. The highest BCUT2D eigenvalue weighted by molar-refractivity contribution is 7.81. The molecule has 0 bridgehead atoms. The summed E-state index contributed by atoms with van der Waals surface area (Å²) < 4.78 is 159. The van der Waals surface area contributed by atoms with E-state index in [1.165, 1.54) is 0 Å². The SMILES string of the molecule is O=S.O=S.O=S.O=S.O=S(=O)([O-])OC[C@H]1O[C@@H](O[C@@H]2OC(COO[O-])[C@@H](OO[O-])[C@H](OO[O-])C2OO[O-])[C@H](OS(=O)(=O)[O-])[C@@H]1OS(=O)(=O)[O-]. The third kappa shape index (κ3) is 20.7. The van der Waals surface area contributed by atoms with Crippen molar-refractivity contribution in [1.29, 1.82) is 0 Å². The Hall–Kier alpha value is -0.910. The topological polar surface area (TPSA) is 461 Å². The maximum atomic E-state index is 11.3. The first-order valence-corrected chi connectivity index (χ1v) is 15.7. The number of hydrogen-bond acceptors (Lipinski definition) is 35. The Morgan fingerprint density at radius 3 is 1.29 bits per heavy atom. The molecule has 0 amide bonds. The predicted molar refractivity (Wildman–Crippen MR) is 121 cm³/mol. The Bertz CT molecular complexity index is 1180. The Morgan fingerprint density at radius 1 is 0.490 bits per heavy atom. The molecule has 0 saturated carbocycles. The maximum Gasteiger partial charge on any atom is 0.218 e. The quantitative estimate of drug-likeness (QED) is 0.0534. The van der Waals surface area contributed by atoms with Crippen molar-refractivity contribution in [1.82, 2.24) is 0 Å². The minimum Gasteiger partial charge on any atom is -0.726 e. The molecule has 2 rings (SSSR count). The lowest BCUT2D eigenvalue weighted by molar-refractivity contribution is -0.834. The molecule has 292 valence electrons. The van der Waals surface area contributed by atoms with Crippen molar-refractivity contribution in [3.63, 3.8) is 0 Å². The molecule has 2 aliphatic rings. The third-order valence-electron chi connectivity index (χ3n) is 4.69. The highest BCUT2D eigenvalue weighted by atomic mass is 32.3. The number of ether oxygens (including phenoxy) is 3. The van der Waals surface area contributed by atoms with E-state index in [0.29, 0.717) is 0 Å². The summed E-state index contributed by atoms with van der Waals surface area (Å²) in [6.07, 6.45) is -21.1. The summed E-state index contributed by atoms with van der Waals surface area (Å²) in [5.41, 5.74) is 0. The summed E-state index contributed by atoms with van der Waals surface area (Å²) in [6, 6.07) is 0. The average molecular weight is 866 g/mol. The van der Waals surface area contributed by atoms with Gasteiger partial charge in [0, 0.05) is 0 Å². The fourth-order valence-electron chi connectivity index (χ4n) is 3.39. The summed E-state index contributed by atoms with van der Waals surface area (Å²) in [4.78, 5) is 16.8. The van der Waals surface area contributed by atoms with Crippen molar-refractivity contribution in [2.24, 2.45) is 0 Å². The van der Waals surface area contributed by atoms with Gasteiger partial charge in [-0.05, 0) is 0 Å². The van der Waals surface area contributed by atoms with E-state index in [9.17, 15) is 59.9 Å². The average Bonchev–Trinajstić information content (AvgIpc) is 3.34. The van der Waals surface area contributed by atoms with Crippen molar-refractivity contribution in [2.45, 2.75) is 55.3 Å². The minimum absolute atomic E-state index is 1.07. The van der Waals surface area contributed by atoms with Gasteiger partial charge in [-0.1, -0.05) is 0 Å². The molecule has 2 heterocycles. The Morgan fingerprint density at radius 2 is 0.878 bits per heavy atom. The van der Waals surface area contributed by atoms with Gasteiger partial charge in [0.05, 0.1) is 6.61 Å². The van der Waals surface area contributed by atoms with Crippen molar-refractivity contribution < 1.29 is 143 Å². The van der Waals surface area contributed by atoms with Gasteiger partial charge in [-0.25, -0.2) is 44.8 Å². The summed E-state index contributed by atoms with van der Waals surface area (Å²) >= 11 is 11.3. The summed E-state index contributed by atoms with van der Waals surface area (Å²) in [7, 11) is -17.3. The molecule has 0 N–H and O–H groups in total. The molecule has 49 heavy (non-hydrogen) atoms. The molecular weight excluding hydrogens is 853 g/mol. The van der Waals surface area contributed by atoms with Gasteiger partial charge < -0.3 is 48.9 Å². The van der Waals surface area contributed by atoms with E-state index in [1.54, 1.807) is 0 Å². The number of hydrogen-bond donors (Lipinski definition) is 0. The van der Waals surface area contributed by atoms with Crippen LogP contribution in [0.15, 0.2) is 0 Å². The third-order valence-corrected chi connectivity index (χ3v) is 6.03. The van der Waals surface area contributed by atoms with Crippen molar-refractivity contribution >= 4 is 81.3 Å². The molecule has 2 aliphatic heterocycles. The lowest BCUT2D eigenvalue weighted by Gasteiger charge is -2.44. The van der Waals surface area contributed by atoms with Crippen molar-refractivity contribution in [3.05, 3.63) is 0 Å². The molecule has 0 aromatic heterocycles. The largest absolute Gasteiger partial charge is 0.726 e. The van der Waals surface area contributed by atoms with Crippen LogP contribution in [0.2, 0.25) is 0 Å². The Labute approximate surface area is 292 Å². The monoisotopic (exact) mass is 865 g/mol. The smallest absolute Gasteiger partial charge is 0.218 e. The second-order valence-corrected chi connectivity index (χ2v) is 10.2. The van der Waals surface area contributed by atoms with Crippen molar-refractivity contribution in [3.8, 4) is 0 Å². The van der Waals surface area contributed by atoms with Gasteiger partial charge in [0.25, 0.3) is 0 Å². The van der Waals surface area contributed by atoms with Gasteiger partial charge in [-0.15, -0.1) is 0 Å². The fraction of sp³-hybridized carbons (Fsp3) is 1.00. The number of rotatable bonds is 18. The Balaban J connectivity index is -0.00000245. The van der Waals surface area contributed by atoms with Crippen molar-refractivity contribution in [2.75, 3.05) is 13.2 Å².